The van der Waals surface area contributed by atoms with E-state index in [1.165, 1.54) is 41.3 Å². The number of amides is 1. The number of nitrogens with zero attached hydrogens (tertiary/aromatic N) is 1. The van der Waals surface area contributed by atoms with Gasteiger partial charge in [0, 0.05) is 16.8 Å². The summed E-state index contributed by atoms with van der Waals surface area (Å²) in [4.78, 5) is 16.4. The maximum Gasteiger partial charge on any atom is 0.416 e. The second kappa shape index (κ2) is 8.74. The zero-order valence-corrected chi connectivity index (χ0v) is 15.9. The number of thiazole rings is 1. The Morgan fingerprint density at radius 1 is 1.11 bits per heavy atom. The summed E-state index contributed by atoms with van der Waals surface area (Å²) in [5, 5.41) is 4.28. The summed E-state index contributed by atoms with van der Waals surface area (Å²) in [5.41, 5.74) is 0.624. The van der Waals surface area contributed by atoms with Gasteiger partial charge in [-0.05, 0) is 35.9 Å². The van der Waals surface area contributed by atoms with E-state index in [1.54, 1.807) is 23.6 Å². The van der Waals surface area contributed by atoms with Crippen LogP contribution in [0.25, 0.3) is 0 Å². The van der Waals surface area contributed by atoms with Gasteiger partial charge in [0.05, 0.1) is 17.7 Å². The smallest absolute Gasteiger partial charge is 0.326 e. The van der Waals surface area contributed by atoms with E-state index in [4.69, 9.17) is 0 Å². The van der Waals surface area contributed by atoms with Crippen LogP contribution in [0.15, 0.2) is 58.3 Å². The molecule has 28 heavy (non-hydrogen) atoms. The van der Waals surface area contributed by atoms with E-state index in [9.17, 15) is 22.4 Å². The summed E-state index contributed by atoms with van der Waals surface area (Å²) in [6.07, 6.45) is -4.42. The molecular formula is C19H14F4N2OS2. The van der Waals surface area contributed by atoms with E-state index in [1.807, 2.05) is 0 Å². The number of thioether (sulfide) groups is 1. The number of hydrogen-bond acceptors (Lipinski definition) is 4. The van der Waals surface area contributed by atoms with E-state index < -0.39 is 11.7 Å². The average molecular weight is 426 g/mol. The van der Waals surface area contributed by atoms with Gasteiger partial charge in [0.15, 0.2) is 0 Å². The molecule has 1 N–H and O–H groups in total. The molecule has 0 radical (unpaired) electrons. The van der Waals surface area contributed by atoms with E-state index in [0.717, 1.165) is 12.1 Å². The van der Waals surface area contributed by atoms with Crippen molar-refractivity contribution >= 4 is 34.7 Å². The standard InChI is InChI=1S/C19H14F4N2OS2/c20-16-4-2-1-3-12(16)10-27-18-25-15(11-28-18)9-17(26)24-14-7-5-13(6-8-14)19(21,22)23/h1-8,11H,9-10H2,(H,24,26). The Morgan fingerprint density at radius 3 is 2.50 bits per heavy atom. The highest BCUT2D eigenvalue weighted by Crippen LogP contribution is 2.30. The van der Waals surface area contributed by atoms with Crippen LogP contribution in [0.4, 0.5) is 23.2 Å². The Labute approximate surface area is 166 Å². The molecule has 3 aromatic rings. The molecule has 0 aliphatic heterocycles. The second-order valence-corrected chi connectivity index (χ2v) is 7.87. The second-order valence-electron chi connectivity index (χ2n) is 5.78. The monoisotopic (exact) mass is 426 g/mol. The van der Waals surface area contributed by atoms with Gasteiger partial charge < -0.3 is 5.32 Å². The number of rotatable bonds is 6. The van der Waals surface area contributed by atoms with Crippen molar-refractivity contribution in [2.24, 2.45) is 0 Å². The molecule has 0 fully saturated rings. The van der Waals surface area contributed by atoms with E-state index in [-0.39, 0.29) is 23.8 Å². The van der Waals surface area contributed by atoms with Crippen molar-refractivity contribution < 1.29 is 22.4 Å². The maximum absolute atomic E-state index is 13.6. The number of alkyl halides is 3. The largest absolute Gasteiger partial charge is 0.416 e. The van der Waals surface area contributed by atoms with Crippen LogP contribution in [0, 0.1) is 5.82 Å². The Kier molecular flexibility index (Phi) is 6.35. The van der Waals surface area contributed by atoms with Crippen molar-refractivity contribution in [2.75, 3.05) is 5.32 Å². The molecule has 0 saturated carbocycles. The Morgan fingerprint density at radius 2 is 1.82 bits per heavy atom. The fraction of sp³-hybridized carbons (Fsp3) is 0.158. The third-order valence-corrected chi connectivity index (χ3v) is 5.80. The maximum atomic E-state index is 13.6. The molecule has 0 atom stereocenters. The van der Waals surface area contributed by atoms with Gasteiger partial charge in [-0.1, -0.05) is 30.0 Å². The first-order valence-corrected chi connectivity index (χ1v) is 9.95. The molecule has 1 heterocycles. The predicted octanol–water partition coefficient (Wildman–Crippen LogP) is 5.77. The number of anilines is 1. The number of hydrogen-bond donors (Lipinski definition) is 1. The molecule has 0 bridgehead atoms. The highest BCUT2D eigenvalue weighted by molar-refractivity contribution is 8.00. The number of carbonyl (C=O) groups excluding carboxylic acids is 1. The fourth-order valence-corrected chi connectivity index (χ4v) is 4.13. The predicted molar refractivity (Wildman–Crippen MR) is 102 cm³/mol. The Hall–Kier alpha value is -2.39. The summed E-state index contributed by atoms with van der Waals surface area (Å²) in [5.74, 6) is -0.226. The van der Waals surface area contributed by atoms with Gasteiger partial charge in [0.2, 0.25) is 5.91 Å². The lowest BCUT2D eigenvalue weighted by Crippen LogP contribution is -2.15. The summed E-state index contributed by atoms with van der Waals surface area (Å²) in [6, 6.07) is 10.7. The van der Waals surface area contributed by atoms with Crippen molar-refractivity contribution in [3.63, 3.8) is 0 Å². The van der Waals surface area contributed by atoms with Crippen LogP contribution in [-0.4, -0.2) is 10.9 Å². The first-order valence-electron chi connectivity index (χ1n) is 8.09. The van der Waals surface area contributed by atoms with Gasteiger partial charge in [-0.25, -0.2) is 9.37 Å². The molecule has 0 unspecified atom stereocenters. The molecule has 0 saturated heterocycles. The molecular weight excluding hydrogens is 412 g/mol. The van der Waals surface area contributed by atoms with Crippen LogP contribution >= 0.6 is 23.1 Å². The van der Waals surface area contributed by atoms with Crippen LogP contribution in [0.5, 0.6) is 0 Å². The van der Waals surface area contributed by atoms with Gasteiger partial charge >= 0.3 is 6.18 Å². The molecule has 9 heteroatoms. The molecule has 0 spiro atoms. The zero-order valence-electron chi connectivity index (χ0n) is 14.3. The third-order valence-electron chi connectivity index (χ3n) is 3.68. The van der Waals surface area contributed by atoms with Crippen molar-refractivity contribution in [1.82, 2.24) is 4.98 Å². The Balaban J connectivity index is 1.53. The summed E-state index contributed by atoms with van der Waals surface area (Å²) < 4.78 is 52.0. The molecule has 2 aromatic carbocycles. The third kappa shape index (κ3) is 5.56. The number of aromatic nitrogens is 1. The molecule has 0 aliphatic rings. The zero-order chi connectivity index (χ0) is 20.1. The van der Waals surface area contributed by atoms with Crippen LogP contribution in [0.3, 0.4) is 0 Å². The first kappa shape index (κ1) is 20.3. The fourth-order valence-electron chi connectivity index (χ4n) is 2.30. The number of nitrogens with one attached hydrogen (secondary N) is 1. The molecule has 1 aromatic heterocycles. The minimum absolute atomic E-state index is 0.00220. The molecule has 3 rings (SSSR count). The molecule has 146 valence electrons. The van der Waals surface area contributed by atoms with Crippen LogP contribution < -0.4 is 5.32 Å². The summed E-state index contributed by atoms with van der Waals surface area (Å²) in [7, 11) is 0. The Bertz CT molecular complexity index is 955. The van der Waals surface area contributed by atoms with Crippen molar-refractivity contribution in [2.45, 2.75) is 22.7 Å². The van der Waals surface area contributed by atoms with Crippen molar-refractivity contribution in [3.8, 4) is 0 Å². The molecule has 0 aliphatic carbocycles. The van der Waals surface area contributed by atoms with Crippen molar-refractivity contribution in [3.05, 3.63) is 76.5 Å². The van der Waals surface area contributed by atoms with Crippen LogP contribution in [0.2, 0.25) is 0 Å². The SMILES string of the molecule is O=C(Cc1csc(SCc2ccccc2F)n1)Nc1ccc(C(F)(F)F)cc1. The minimum atomic E-state index is -4.42. The summed E-state index contributed by atoms with van der Waals surface area (Å²) in [6.45, 7) is 0. The summed E-state index contributed by atoms with van der Waals surface area (Å²) >= 11 is 2.72. The van der Waals surface area contributed by atoms with Gasteiger partial charge in [0.1, 0.15) is 10.2 Å². The van der Waals surface area contributed by atoms with E-state index >= 15 is 0 Å². The lowest BCUT2D eigenvalue weighted by molar-refractivity contribution is -0.137. The minimum Gasteiger partial charge on any atom is -0.326 e. The number of benzene rings is 2. The van der Waals surface area contributed by atoms with Gasteiger partial charge in [-0.15, -0.1) is 11.3 Å². The normalized spacial score (nSPS) is 11.4. The molecule has 1 amide bonds. The highest BCUT2D eigenvalue weighted by Gasteiger charge is 2.30. The number of carbonyl (C=O) groups is 1. The van der Waals surface area contributed by atoms with Crippen molar-refractivity contribution in [1.29, 1.82) is 0 Å². The average Bonchev–Trinajstić information content (AvgIpc) is 3.08. The highest BCUT2D eigenvalue weighted by atomic mass is 32.2. The van der Waals surface area contributed by atoms with Gasteiger partial charge in [-0.3, -0.25) is 4.79 Å². The first-order chi connectivity index (χ1) is 13.3. The quantitative estimate of drug-likeness (QED) is 0.402. The lowest BCUT2D eigenvalue weighted by atomic mass is 10.2. The molecule has 3 nitrogen and oxygen atoms in total. The van der Waals surface area contributed by atoms with E-state index in [0.29, 0.717) is 21.3 Å². The van der Waals surface area contributed by atoms with Crippen LogP contribution in [0.1, 0.15) is 16.8 Å². The lowest BCUT2D eigenvalue weighted by Gasteiger charge is -2.08. The van der Waals surface area contributed by atoms with E-state index in [2.05, 4.69) is 10.3 Å². The number of halogens is 4. The topological polar surface area (TPSA) is 42.0 Å². The van der Waals surface area contributed by atoms with Crippen LogP contribution in [-0.2, 0) is 23.1 Å². The van der Waals surface area contributed by atoms with Gasteiger partial charge in [0.25, 0.3) is 0 Å². The van der Waals surface area contributed by atoms with Gasteiger partial charge in [-0.2, -0.15) is 13.2 Å².